The first-order valence-corrected chi connectivity index (χ1v) is 9.03. The topological polar surface area (TPSA) is 65.1 Å². The molecular formula is C19H22N6S. The Balaban J connectivity index is 1.71. The Kier molecular flexibility index (Phi) is 5.93. The Morgan fingerprint density at radius 3 is 2.19 bits per heavy atom. The summed E-state index contributed by atoms with van der Waals surface area (Å²) in [7, 11) is 5.95. The monoisotopic (exact) mass is 366 g/mol. The fraction of sp³-hybridized carbons (Fsp3) is 0.158. The molecule has 0 fully saturated rings. The number of aromatic nitrogens is 2. The molecule has 0 unspecified atom stereocenters. The van der Waals surface area contributed by atoms with E-state index in [-0.39, 0.29) is 0 Å². The number of rotatable bonds is 7. The second-order valence-corrected chi connectivity index (χ2v) is 6.90. The molecule has 26 heavy (non-hydrogen) atoms. The minimum Gasteiger partial charge on any atom is -0.378 e. The Labute approximate surface area is 158 Å². The summed E-state index contributed by atoms with van der Waals surface area (Å²) in [5.74, 6) is 1.47. The van der Waals surface area contributed by atoms with Crippen molar-refractivity contribution >= 4 is 40.6 Å². The van der Waals surface area contributed by atoms with Gasteiger partial charge < -0.3 is 15.5 Å². The van der Waals surface area contributed by atoms with Crippen LogP contribution in [0.1, 0.15) is 0 Å². The van der Waals surface area contributed by atoms with Crippen molar-refractivity contribution in [1.29, 1.82) is 0 Å². The predicted octanol–water partition coefficient (Wildman–Crippen LogP) is 4.26. The molecule has 2 aromatic carbocycles. The number of nitrogens with zero attached hydrogens (tertiary/aromatic N) is 3. The van der Waals surface area contributed by atoms with E-state index in [1.54, 1.807) is 18.3 Å². The van der Waals surface area contributed by atoms with E-state index >= 15 is 0 Å². The zero-order chi connectivity index (χ0) is 18.4. The van der Waals surface area contributed by atoms with Crippen LogP contribution in [0.15, 0.2) is 65.8 Å². The van der Waals surface area contributed by atoms with Crippen LogP contribution < -0.4 is 20.3 Å². The molecule has 1 heterocycles. The predicted molar refractivity (Wildman–Crippen MR) is 111 cm³/mol. The summed E-state index contributed by atoms with van der Waals surface area (Å²) in [4.78, 5) is 11.8. The van der Waals surface area contributed by atoms with Crippen LogP contribution in [-0.2, 0) is 0 Å². The molecule has 0 saturated carbocycles. The third-order valence-corrected chi connectivity index (χ3v) is 4.34. The fourth-order valence-corrected chi connectivity index (χ4v) is 2.96. The average molecular weight is 366 g/mol. The van der Waals surface area contributed by atoms with Gasteiger partial charge in [-0.1, -0.05) is 6.07 Å². The molecule has 1 aromatic heterocycles. The minimum atomic E-state index is 0.735. The number of anilines is 5. The van der Waals surface area contributed by atoms with E-state index in [1.165, 1.54) is 0 Å². The first-order chi connectivity index (χ1) is 12.6. The molecule has 0 saturated heterocycles. The lowest BCUT2D eigenvalue weighted by molar-refractivity contribution is 1.13. The molecule has 7 heteroatoms. The highest BCUT2D eigenvalue weighted by atomic mass is 32.2. The van der Waals surface area contributed by atoms with Gasteiger partial charge in [0.1, 0.15) is 18.0 Å². The van der Waals surface area contributed by atoms with Crippen molar-refractivity contribution in [2.24, 2.45) is 0 Å². The van der Waals surface area contributed by atoms with Crippen molar-refractivity contribution in [1.82, 2.24) is 14.7 Å². The highest BCUT2D eigenvalue weighted by molar-refractivity contribution is 7.97. The molecule has 3 rings (SSSR count). The first-order valence-electron chi connectivity index (χ1n) is 8.21. The zero-order valence-corrected chi connectivity index (χ0v) is 15.8. The standard InChI is InChI=1S/C19H22N6S/c1-20-26-17-6-4-5-15(11-17)24-19-12-18(21-13-22-19)23-14-7-9-16(10-8-14)25(2)3/h4-13,20H,1-3H3,(H2,21,22,23,24). The Bertz CT molecular complexity index is 851. The maximum absolute atomic E-state index is 4.30. The molecule has 0 spiro atoms. The van der Waals surface area contributed by atoms with Gasteiger partial charge in [0.25, 0.3) is 0 Å². The molecule has 0 aliphatic heterocycles. The number of benzene rings is 2. The Hall–Kier alpha value is -2.77. The smallest absolute Gasteiger partial charge is 0.135 e. The minimum absolute atomic E-state index is 0.735. The van der Waals surface area contributed by atoms with Gasteiger partial charge >= 0.3 is 0 Å². The molecule has 3 aromatic rings. The van der Waals surface area contributed by atoms with Gasteiger partial charge in [0.15, 0.2) is 0 Å². The van der Waals surface area contributed by atoms with E-state index in [2.05, 4.69) is 54.5 Å². The van der Waals surface area contributed by atoms with Crippen LogP contribution in [0.25, 0.3) is 0 Å². The molecule has 0 aliphatic carbocycles. The third-order valence-electron chi connectivity index (χ3n) is 3.65. The molecule has 0 radical (unpaired) electrons. The summed E-state index contributed by atoms with van der Waals surface area (Å²) in [5.41, 5.74) is 3.11. The van der Waals surface area contributed by atoms with E-state index in [0.717, 1.165) is 33.6 Å². The van der Waals surface area contributed by atoms with Crippen molar-refractivity contribution in [3.8, 4) is 0 Å². The van der Waals surface area contributed by atoms with Gasteiger partial charge in [0, 0.05) is 42.1 Å². The summed E-state index contributed by atoms with van der Waals surface area (Å²) < 4.78 is 3.07. The van der Waals surface area contributed by atoms with Gasteiger partial charge in [-0.15, -0.1) is 0 Å². The van der Waals surface area contributed by atoms with Crippen LogP contribution in [0.5, 0.6) is 0 Å². The lowest BCUT2D eigenvalue weighted by atomic mass is 10.2. The number of nitrogens with one attached hydrogen (secondary N) is 3. The molecular weight excluding hydrogens is 344 g/mol. The van der Waals surface area contributed by atoms with Gasteiger partial charge in [-0.2, -0.15) is 0 Å². The number of hydrogen-bond acceptors (Lipinski definition) is 7. The normalized spacial score (nSPS) is 10.4. The fourth-order valence-electron chi connectivity index (χ4n) is 2.39. The van der Waals surface area contributed by atoms with Crippen LogP contribution >= 0.6 is 11.9 Å². The van der Waals surface area contributed by atoms with Crippen molar-refractivity contribution in [3.05, 3.63) is 60.9 Å². The second-order valence-electron chi connectivity index (χ2n) is 5.81. The maximum Gasteiger partial charge on any atom is 0.135 e. The van der Waals surface area contributed by atoms with Gasteiger partial charge in [-0.3, -0.25) is 4.72 Å². The first kappa shape index (κ1) is 18.0. The van der Waals surface area contributed by atoms with Gasteiger partial charge in [0.2, 0.25) is 0 Å². The van der Waals surface area contributed by atoms with Crippen molar-refractivity contribution in [2.45, 2.75) is 4.90 Å². The Morgan fingerprint density at radius 1 is 0.846 bits per heavy atom. The summed E-state index contributed by atoms with van der Waals surface area (Å²) in [6.45, 7) is 0. The maximum atomic E-state index is 4.30. The lowest BCUT2D eigenvalue weighted by Crippen LogP contribution is -2.08. The zero-order valence-electron chi connectivity index (χ0n) is 15.0. The van der Waals surface area contributed by atoms with Crippen molar-refractivity contribution in [3.63, 3.8) is 0 Å². The van der Waals surface area contributed by atoms with E-state index in [4.69, 9.17) is 0 Å². The van der Waals surface area contributed by atoms with Crippen LogP contribution in [-0.4, -0.2) is 31.1 Å². The van der Waals surface area contributed by atoms with Crippen LogP contribution in [0.3, 0.4) is 0 Å². The van der Waals surface area contributed by atoms with Crippen molar-refractivity contribution < 1.29 is 0 Å². The quantitative estimate of drug-likeness (QED) is 0.540. The largest absolute Gasteiger partial charge is 0.378 e. The number of hydrogen-bond donors (Lipinski definition) is 3. The summed E-state index contributed by atoms with van der Waals surface area (Å²) in [6.07, 6.45) is 1.55. The van der Waals surface area contributed by atoms with Crippen molar-refractivity contribution in [2.75, 3.05) is 36.7 Å². The molecule has 0 amide bonds. The van der Waals surface area contributed by atoms with E-state index < -0.39 is 0 Å². The summed E-state index contributed by atoms with van der Waals surface area (Å²) in [6, 6.07) is 18.2. The lowest BCUT2D eigenvalue weighted by Gasteiger charge is -2.13. The molecule has 3 N–H and O–H groups in total. The molecule has 0 aliphatic rings. The van der Waals surface area contributed by atoms with E-state index in [0.29, 0.717) is 0 Å². The second kappa shape index (κ2) is 8.55. The Morgan fingerprint density at radius 2 is 1.54 bits per heavy atom. The molecule has 6 nitrogen and oxygen atoms in total. The van der Waals surface area contributed by atoms with Crippen LogP contribution in [0.4, 0.5) is 28.7 Å². The SMILES string of the molecule is CNSc1cccc(Nc2cc(Nc3ccc(N(C)C)cc3)ncn2)c1. The van der Waals surface area contributed by atoms with Gasteiger partial charge in [-0.05, 0) is 61.5 Å². The molecule has 0 atom stereocenters. The third kappa shape index (κ3) is 4.87. The summed E-state index contributed by atoms with van der Waals surface area (Å²) in [5, 5.41) is 6.62. The average Bonchev–Trinajstić information content (AvgIpc) is 2.63. The van der Waals surface area contributed by atoms with Gasteiger partial charge in [-0.25, -0.2) is 9.97 Å². The van der Waals surface area contributed by atoms with Crippen LogP contribution in [0, 0.1) is 0 Å². The van der Waals surface area contributed by atoms with Gasteiger partial charge in [0.05, 0.1) is 0 Å². The molecule has 134 valence electrons. The molecule has 0 bridgehead atoms. The van der Waals surface area contributed by atoms with E-state index in [9.17, 15) is 0 Å². The summed E-state index contributed by atoms with van der Waals surface area (Å²) >= 11 is 1.57. The highest BCUT2D eigenvalue weighted by Gasteiger charge is 2.02. The van der Waals surface area contributed by atoms with Crippen LogP contribution in [0.2, 0.25) is 0 Å². The van der Waals surface area contributed by atoms with E-state index in [1.807, 2.05) is 51.5 Å². The highest BCUT2D eigenvalue weighted by Crippen LogP contribution is 2.23.